The molecule has 0 fully saturated rings. The second kappa shape index (κ2) is 7.21. The largest absolute Gasteiger partial charge is 0.454 e. The van der Waals surface area contributed by atoms with E-state index in [1.807, 2.05) is 0 Å². The zero-order valence-electron chi connectivity index (χ0n) is 11.9. The molecule has 9 heteroatoms. The fraction of sp³-hybridized carbons (Fsp3) is 0. The monoisotopic (exact) mass is 345 g/mol. The molecular formula is C15H8ClN3O5. The summed E-state index contributed by atoms with van der Waals surface area (Å²) < 4.78 is 5.52. The fourth-order valence-corrected chi connectivity index (χ4v) is 2.00. The second-order valence-corrected chi connectivity index (χ2v) is 4.82. The number of hydrogen-bond acceptors (Lipinski definition) is 6. The highest BCUT2D eigenvalue weighted by molar-refractivity contribution is 6.32. The highest BCUT2D eigenvalue weighted by atomic mass is 35.5. The van der Waals surface area contributed by atoms with Crippen LogP contribution in [0.1, 0.15) is 5.56 Å². The summed E-state index contributed by atoms with van der Waals surface area (Å²) in [4.78, 5) is 20.2. The molecule has 0 saturated carbocycles. The third kappa shape index (κ3) is 3.85. The predicted molar refractivity (Wildman–Crippen MR) is 85.4 cm³/mol. The molecule has 0 aliphatic rings. The van der Waals surface area contributed by atoms with Crippen molar-refractivity contribution in [3.63, 3.8) is 0 Å². The minimum Gasteiger partial charge on any atom is -0.454 e. The number of benzene rings is 2. The van der Waals surface area contributed by atoms with Crippen molar-refractivity contribution in [3.05, 3.63) is 79.4 Å². The van der Waals surface area contributed by atoms with Crippen LogP contribution in [-0.4, -0.2) is 9.85 Å². The molecule has 8 nitrogen and oxygen atoms in total. The molecule has 0 bridgehead atoms. The average Bonchev–Trinajstić information content (AvgIpc) is 2.56. The third-order valence-corrected chi connectivity index (χ3v) is 3.20. The van der Waals surface area contributed by atoms with E-state index in [2.05, 4.69) is 0 Å². The Bertz CT molecular complexity index is 872. The van der Waals surface area contributed by atoms with Crippen LogP contribution in [0.15, 0.2) is 48.5 Å². The van der Waals surface area contributed by atoms with Gasteiger partial charge in [0, 0.05) is 29.8 Å². The Balaban J connectivity index is 2.33. The number of nitrogens with zero attached hydrogens (tertiary/aromatic N) is 3. The summed E-state index contributed by atoms with van der Waals surface area (Å²) in [6.07, 6.45) is 1.10. The van der Waals surface area contributed by atoms with Gasteiger partial charge in [0.05, 0.1) is 27.0 Å². The Morgan fingerprint density at radius 1 is 1.08 bits per heavy atom. The normalized spacial score (nSPS) is 10.8. The van der Waals surface area contributed by atoms with Crippen molar-refractivity contribution in [2.24, 2.45) is 0 Å². The highest BCUT2D eigenvalue weighted by Crippen LogP contribution is 2.32. The van der Waals surface area contributed by atoms with Crippen LogP contribution in [0.5, 0.6) is 5.75 Å². The Hall–Kier alpha value is -3.44. The van der Waals surface area contributed by atoms with Crippen molar-refractivity contribution in [1.29, 1.82) is 5.26 Å². The first-order chi connectivity index (χ1) is 11.4. The minimum atomic E-state index is -0.599. The topological polar surface area (TPSA) is 119 Å². The zero-order valence-corrected chi connectivity index (χ0v) is 12.6. The van der Waals surface area contributed by atoms with Crippen LogP contribution in [-0.2, 0) is 0 Å². The predicted octanol–water partition coefficient (Wildman–Crippen LogP) is 4.10. The molecule has 24 heavy (non-hydrogen) atoms. The van der Waals surface area contributed by atoms with Crippen LogP contribution < -0.4 is 4.74 Å². The minimum absolute atomic E-state index is 0.00467. The van der Waals surface area contributed by atoms with Gasteiger partial charge in [-0.05, 0) is 18.2 Å². The molecule has 0 atom stereocenters. The van der Waals surface area contributed by atoms with E-state index in [-0.39, 0.29) is 27.9 Å². The number of allylic oxidation sites excluding steroid dienone is 1. The smallest absolute Gasteiger partial charge is 0.271 e. The molecule has 0 saturated heterocycles. The number of rotatable bonds is 5. The van der Waals surface area contributed by atoms with Gasteiger partial charge in [-0.1, -0.05) is 11.6 Å². The summed E-state index contributed by atoms with van der Waals surface area (Å²) >= 11 is 5.94. The van der Waals surface area contributed by atoms with E-state index in [1.165, 1.54) is 36.4 Å². The molecule has 0 unspecified atom stereocenters. The summed E-state index contributed by atoms with van der Waals surface area (Å²) in [7, 11) is 0. The Morgan fingerprint density at radius 3 is 2.17 bits per heavy atom. The maximum atomic E-state index is 10.7. The Labute approximate surface area is 140 Å². The van der Waals surface area contributed by atoms with Crippen LogP contribution in [0.3, 0.4) is 0 Å². The lowest BCUT2D eigenvalue weighted by atomic mass is 10.1. The molecule has 2 rings (SSSR count). The lowest BCUT2D eigenvalue weighted by molar-refractivity contribution is -0.385. The van der Waals surface area contributed by atoms with E-state index in [9.17, 15) is 20.2 Å². The maximum Gasteiger partial charge on any atom is 0.271 e. The number of ether oxygens (including phenoxy) is 1. The lowest BCUT2D eigenvalue weighted by Crippen LogP contribution is -1.97. The van der Waals surface area contributed by atoms with Gasteiger partial charge in [-0.2, -0.15) is 5.26 Å². The van der Waals surface area contributed by atoms with Gasteiger partial charge in [0.25, 0.3) is 11.4 Å². The van der Waals surface area contributed by atoms with Crippen molar-refractivity contribution in [2.75, 3.05) is 0 Å². The number of halogens is 1. The standard InChI is InChI=1S/C15H8ClN3O5/c16-13-9-12(19(22)23)5-6-15(13)24-14(7-8-17)10-1-3-11(4-2-10)18(20)21/h1-7,9H/b14-7+. The van der Waals surface area contributed by atoms with E-state index < -0.39 is 9.85 Å². The van der Waals surface area contributed by atoms with E-state index in [0.717, 1.165) is 12.1 Å². The zero-order chi connectivity index (χ0) is 17.7. The van der Waals surface area contributed by atoms with Crippen LogP contribution in [0.25, 0.3) is 5.76 Å². The number of non-ortho nitro benzene ring substituents is 2. The summed E-state index contributed by atoms with van der Waals surface area (Å²) in [5.41, 5.74) is 0.105. The second-order valence-electron chi connectivity index (χ2n) is 4.42. The third-order valence-electron chi connectivity index (χ3n) is 2.90. The molecule has 0 amide bonds. The molecule has 120 valence electrons. The van der Waals surface area contributed by atoms with Crippen LogP contribution in [0.2, 0.25) is 5.02 Å². The SMILES string of the molecule is N#C/C=C(/Oc1ccc([N+](=O)[O-])cc1Cl)c1ccc([N+](=O)[O-])cc1. The molecule has 0 aromatic heterocycles. The van der Waals surface area contributed by atoms with Crippen molar-refractivity contribution >= 4 is 28.7 Å². The molecule has 0 aliphatic carbocycles. The summed E-state index contributed by atoms with van der Waals surface area (Å²) in [5, 5.41) is 30.2. The van der Waals surface area contributed by atoms with Crippen molar-refractivity contribution in [3.8, 4) is 11.8 Å². The summed E-state index contributed by atoms with van der Waals surface area (Å²) in [6.45, 7) is 0. The summed E-state index contributed by atoms with van der Waals surface area (Å²) in [5.74, 6) is 0.213. The first-order valence-corrected chi connectivity index (χ1v) is 6.76. The van der Waals surface area contributed by atoms with Crippen molar-refractivity contribution in [2.45, 2.75) is 0 Å². The highest BCUT2D eigenvalue weighted by Gasteiger charge is 2.14. The molecular weight excluding hydrogens is 338 g/mol. The van der Waals surface area contributed by atoms with E-state index in [0.29, 0.717) is 5.56 Å². The van der Waals surface area contributed by atoms with Crippen molar-refractivity contribution in [1.82, 2.24) is 0 Å². The van der Waals surface area contributed by atoms with Crippen molar-refractivity contribution < 1.29 is 14.6 Å². The van der Waals surface area contributed by atoms with Gasteiger partial charge in [-0.15, -0.1) is 0 Å². The van der Waals surface area contributed by atoms with Crippen LogP contribution >= 0.6 is 11.6 Å². The van der Waals surface area contributed by atoms with Gasteiger partial charge in [-0.25, -0.2) is 0 Å². The van der Waals surface area contributed by atoms with Gasteiger partial charge in [0.15, 0.2) is 0 Å². The first kappa shape index (κ1) is 16.9. The number of hydrogen-bond donors (Lipinski definition) is 0. The van der Waals surface area contributed by atoms with Crippen LogP contribution in [0, 0.1) is 31.6 Å². The van der Waals surface area contributed by atoms with Crippen LogP contribution in [0.4, 0.5) is 11.4 Å². The number of nitro benzene ring substituents is 2. The van der Waals surface area contributed by atoms with Gasteiger partial charge in [-0.3, -0.25) is 20.2 Å². The number of nitro groups is 2. The average molecular weight is 346 g/mol. The van der Waals surface area contributed by atoms with E-state index >= 15 is 0 Å². The quantitative estimate of drug-likeness (QED) is 0.348. The maximum absolute atomic E-state index is 10.7. The van der Waals surface area contributed by atoms with Gasteiger partial charge < -0.3 is 4.74 Å². The fourth-order valence-electron chi connectivity index (χ4n) is 1.78. The molecule has 0 radical (unpaired) electrons. The van der Waals surface area contributed by atoms with Gasteiger partial charge in [0.1, 0.15) is 11.5 Å². The molecule has 2 aromatic carbocycles. The molecule has 0 heterocycles. The van der Waals surface area contributed by atoms with E-state index in [1.54, 1.807) is 6.07 Å². The molecule has 2 aromatic rings. The molecule has 0 N–H and O–H groups in total. The van der Waals surface area contributed by atoms with Gasteiger partial charge >= 0.3 is 0 Å². The molecule has 0 aliphatic heterocycles. The molecule has 0 spiro atoms. The number of nitriles is 1. The summed E-state index contributed by atoms with van der Waals surface area (Å²) in [6, 6.07) is 10.8. The van der Waals surface area contributed by atoms with Gasteiger partial charge in [0.2, 0.25) is 0 Å². The Kier molecular flexibility index (Phi) is 5.09. The first-order valence-electron chi connectivity index (χ1n) is 6.39. The lowest BCUT2D eigenvalue weighted by Gasteiger charge is -2.10. The van der Waals surface area contributed by atoms with E-state index in [4.69, 9.17) is 21.6 Å². The Morgan fingerprint density at radius 2 is 1.67 bits per heavy atom.